The Bertz CT molecular complexity index is 1510. The zero-order chi connectivity index (χ0) is 30.5. The fourth-order valence-corrected chi connectivity index (χ4v) is 6.05. The van der Waals surface area contributed by atoms with E-state index in [1.165, 1.54) is 42.3 Å². The number of anilines is 1. The molecule has 0 aromatic heterocycles. The summed E-state index contributed by atoms with van der Waals surface area (Å²) in [6.07, 6.45) is 0. The van der Waals surface area contributed by atoms with Gasteiger partial charge in [-0.25, -0.2) is 8.42 Å². The average Bonchev–Trinajstić information content (AvgIpc) is 2.90. The van der Waals surface area contributed by atoms with Crippen LogP contribution in [0, 0.1) is 0 Å². The van der Waals surface area contributed by atoms with E-state index in [1.807, 2.05) is 20.8 Å². The highest BCUT2D eigenvalue weighted by Gasteiger charge is 2.34. The highest BCUT2D eigenvalue weighted by Crippen LogP contribution is 2.35. The first-order valence-corrected chi connectivity index (χ1v) is 15.2. The lowest BCUT2D eigenvalue weighted by Gasteiger charge is -2.34. The quantitative estimate of drug-likeness (QED) is 0.286. The summed E-state index contributed by atoms with van der Waals surface area (Å²) < 4.78 is 34.3. The molecule has 0 fully saturated rings. The summed E-state index contributed by atoms with van der Waals surface area (Å²) in [6.45, 7) is 6.28. The van der Waals surface area contributed by atoms with Crippen molar-refractivity contribution in [3.05, 3.63) is 87.4 Å². The molecular weight excluding hydrogens is 609 g/mol. The molecule has 0 aliphatic heterocycles. The molecule has 1 unspecified atom stereocenters. The molecular formula is C29H32Cl3N3O5S. The Morgan fingerprint density at radius 1 is 0.951 bits per heavy atom. The van der Waals surface area contributed by atoms with E-state index in [0.717, 1.165) is 4.31 Å². The number of nitrogens with one attached hydrogen (secondary N) is 1. The Labute approximate surface area is 256 Å². The average molecular weight is 641 g/mol. The molecule has 0 spiro atoms. The van der Waals surface area contributed by atoms with E-state index >= 15 is 0 Å². The summed E-state index contributed by atoms with van der Waals surface area (Å²) in [7, 11) is -2.91. The molecule has 3 aromatic rings. The second-order valence-electron chi connectivity index (χ2n) is 10.3. The topological polar surface area (TPSA) is 96.0 Å². The van der Waals surface area contributed by atoms with Gasteiger partial charge in [0.1, 0.15) is 18.3 Å². The summed E-state index contributed by atoms with van der Waals surface area (Å²) in [4.78, 5) is 28.5. The lowest BCUT2D eigenvalue weighted by atomic mass is 10.1. The predicted molar refractivity (Wildman–Crippen MR) is 163 cm³/mol. The van der Waals surface area contributed by atoms with Crippen molar-refractivity contribution >= 4 is 62.3 Å². The van der Waals surface area contributed by atoms with Crippen LogP contribution < -0.4 is 14.4 Å². The van der Waals surface area contributed by atoms with Crippen molar-refractivity contribution in [1.29, 1.82) is 0 Å². The molecule has 0 heterocycles. The fourth-order valence-electron chi connectivity index (χ4n) is 3.98. The monoisotopic (exact) mass is 639 g/mol. The van der Waals surface area contributed by atoms with Gasteiger partial charge in [-0.3, -0.25) is 13.9 Å². The van der Waals surface area contributed by atoms with Crippen molar-refractivity contribution in [2.24, 2.45) is 0 Å². The van der Waals surface area contributed by atoms with Crippen molar-refractivity contribution in [2.45, 2.75) is 50.7 Å². The number of carbonyl (C=O) groups excluding carboxylic acids is 2. The molecule has 0 aliphatic carbocycles. The van der Waals surface area contributed by atoms with Crippen LogP contribution in [0.3, 0.4) is 0 Å². The highest BCUT2D eigenvalue weighted by molar-refractivity contribution is 7.92. The van der Waals surface area contributed by atoms with Gasteiger partial charge in [-0.1, -0.05) is 59.1 Å². The molecule has 0 saturated heterocycles. The second kappa shape index (κ2) is 13.3. The number of ether oxygens (including phenoxy) is 1. The Morgan fingerprint density at radius 2 is 1.56 bits per heavy atom. The van der Waals surface area contributed by atoms with E-state index in [0.29, 0.717) is 15.6 Å². The van der Waals surface area contributed by atoms with Crippen molar-refractivity contribution in [3.8, 4) is 5.75 Å². The van der Waals surface area contributed by atoms with Crippen molar-refractivity contribution in [1.82, 2.24) is 10.2 Å². The maximum atomic E-state index is 14.1. The number of sulfonamides is 1. The number of amides is 2. The largest absolute Gasteiger partial charge is 0.495 e. The molecule has 12 heteroatoms. The molecule has 1 N–H and O–H groups in total. The zero-order valence-electron chi connectivity index (χ0n) is 23.3. The smallest absolute Gasteiger partial charge is 0.264 e. The molecule has 0 aliphatic rings. The van der Waals surface area contributed by atoms with Gasteiger partial charge in [0.05, 0.1) is 17.7 Å². The number of carbonyl (C=O) groups is 2. The van der Waals surface area contributed by atoms with Crippen LogP contribution in [0.15, 0.2) is 71.6 Å². The summed E-state index contributed by atoms with van der Waals surface area (Å²) in [5.74, 6) is -0.893. The van der Waals surface area contributed by atoms with Gasteiger partial charge >= 0.3 is 0 Å². The van der Waals surface area contributed by atoms with Crippen LogP contribution in [-0.2, 0) is 26.2 Å². The maximum absolute atomic E-state index is 14.1. The lowest BCUT2D eigenvalue weighted by Crippen LogP contribution is -2.54. The summed E-state index contributed by atoms with van der Waals surface area (Å²) in [6, 6.07) is 16.0. The number of benzene rings is 3. The zero-order valence-corrected chi connectivity index (χ0v) is 26.4. The Balaban J connectivity index is 2.12. The van der Waals surface area contributed by atoms with Crippen LogP contribution in [-0.4, -0.2) is 50.4 Å². The highest BCUT2D eigenvalue weighted by atomic mass is 35.5. The minimum absolute atomic E-state index is 0.0411. The Morgan fingerprint density at radius 3 is 2.15 bits per heavy atom. The third kappa shape index (κ3) is 8.29. The number of nitrogens with zero attached hydrogens (tertiary/aromatic N) is 2. The number of hydrogen-bond donors (Lipinski definition) is 1. The first-order chi connectivity index (χ1) is 19.1. The van der Waals surface area contributed by atoms with Gasteiger partial charge in [0.25, 0.3) is 10.0 Å². The number of hydrogen-bond acceptors (Lipinski definition) is 5. The van der Waals surface area contributed by atoms with E-state index in [9.17, 15) is 18.0 Å². The maximum Gasteiger partial charge on any atom is 0.264 e. The van der Waals surface area contributed by atoms with Crippen LogP contribution in [0.4, 0.5) is 5.69 Å². The van der Waals surface area contributed by atoms with Crippen LogP contribution in [0.2, 0.25) is 15.1 Å². The lowest BCUT2D eigenvalue weighted by molar-refractivity contribution is -0.140. The van der Waals surface area contributed by atoms with Gasteiger partial charge in [-0.05, 0) is 75.7 Å². The standard InChI is InChI=1S/C29H32Cl3N3O5S/c1-19(28(37)33-29(2,3)4)34(17-20-11-12-21(30)15-24(20)32)27(36)18-35(25-16-22(31)13-14-26(25)40-5)41(38,39)23-9-7-6-8-10-23/h6-16,19H,17-18H2,1-5H3,(H,33,37). The first kappa shape index (κ1) is 32.5. The van der Waals surface area contributed by atoms with Gasteiger partial charge < -0.3 is 15.0 Å². The van der Waals surface area contributed by atoms with E-state index in [4.69, 9.17) is 39.5 Å². The van der Waals surface area contributed by atoms with Crippen LogP contribution in [0.1, 0.15) is 33.3 Å². The fraction of sp³-hybridized carbons (Fsp3) is 0.310. The van der Waals surface area contributed by atoms with Gasteiger partial charge in [-0.15, -0.1) is 0 Å². The molecule has 3 rings (SSSR count). The molecule has 0 bridgehead atoms. The number of methoxy groups -OCH3 is 1. The third-order valence-corrected chi connectivity index (χ3v) is 8.64. The number of halogens is 3. The molecule has 8 nitrogen and oxygen atoms in total. The predicted octanol–water partition coefficient (Wildman–Crippen LogP) is 6.18. The Kier molecular flexibility index (Phi) is 10.6. The molecule has 41 heavy (non-hydrogen) atoms. The minimum atomic E-state index is -4.29. The van der Waals surface area contributed by atoms with Gasteiger partial charge in [0.2, 0.25) is 11.8 Å². The summed E-state index contributed by atoms with van der Waals surface area (Å²) in [5, 5.41) is 3.82. The Hall–Kier alpha value is -2.98. The van der Waals surface area contributed by atoms with E-state index < -0.39 is 40.0 Å². The number of rotatable bonds is 10. The summed E-state index contributed by atoms with van der Waals surface area (Å²) in [5.41, 5.74) is 0.0144. The summed E-state index contributed by atoms with van der Waals surface area (Å²) >= 11 is 18.7. The van der Waals surface area contributed by atoms with E-state index in [1.54, 1.807) is 43.3 Å². The van der Waals surface area contributed by atoms with Crippen molar-refractivity contribution in [2.75, 3.05) is 18.0 Å². The molecule has 2 amide bonds. The van der Waals surface area contributed by atoms with Crippen LogP contribution >= 0.6 is 34.8 Å². The van der Waals surface area contributed by atoms with Gasteiger partial charge in [-0.2, -0.15) is 0 Å². The minimum Gasteiger partial charge on any atom is -0.495 e. The van der Waals surface area contributed by atoms with Gasteiger partial charge in [0, 0.05) is 27.2 Å². The molecule has 220 valence electrons. The van der Waals surface area contributed by atoms with Crippen LogP contribution in [0.5, 0.6) is 5.75 Å². The third-order valence-electron chi connectivity index (χ3n) is 6.04. The van der Waals surface area contributed by atoms with E-state index in [-0.39, 0.29) is 27.9 Å². The van der Waals surface area contributed by atoms with Gasteiger partial charge in [0.15, 0.2) is 0 Å². The normalized spacial score (nSPS) is 12.4. The second-order valence-corrected chi connectivity index (χ2v) is 13.5. The molecule has 3 aromatic carbocycles. The molecule has 1 atom stereocenters. The molecule has 0 radical (unpaired) electrons. The van der Waals surface area contributed by atoms with E-state index in [2.05, 4.69) is 5.32 Å². The van der Waals surface area contributed by atoms with Crippen molar-refractivity contribution in [3.63, 3.8) is 0 Å². The van der Waals surface area contributed by atoms with Crippen molar-refractivity contribution < 1.29 is 22.7 Å². The molecule has 0 saturated carbocycles. The SMILES string of the molecule is COc1ccc(Cl)cc1N(CC(=O)N(Cc1ccc(Cl)cc1Cl)C(C)C(=O)NC(C)(C)C)S(=O)(=O)c1ccccc1. The van der Waals surface area contributed by atoms with Crippen LogP contribution in [0.25, 0.3) is 0 Å². The first-order valence-electron chi connectivity index (χ1n) is 12.6.